The van der Waals surface area contributed by atoms with E-state index in [2.05, 4.69) is 10.2 Å². The second kappa shape index (κ2) is 7.26. The summed E-state index contributed by atoms with van der Waals surface area (Å²) in [4.78, 5) is 14.3. The molecule has 110 valence electrons. The molecule has 1 aliphatic rings. The van der Waals surface area contributed by atoms with Gasteiger partial charge in [-0.05, 0) is 38.1 Å². The molecule has 20 heavy (non-hydrogen) atoms. The van der Waals surface area contributed by atoms with Gasteiger partial charge in [0.25, 0.3) is 0 Å². The number of carbonyl (C=O) groups is 1. The van der Waals surface area contributed by atoms with Crippen molar-refractivity contribution in [3.05, 3.63) is 24.3 Å². The van der Waals surface area contributed by atoms with Gasteiger partial charge in [0.15, 0.2) is 0 Å². The standard InChI is InChI=1S/C15H22N2O3/c1-3-20-14-6-4-13(5-7-14)16-15(18)12(2)17-8-10-19-11-9-17/h4-7,12H,3,8-11H2,1-2H3,(H,16,18)/t12-/m1/s1. The van der Waals surface area contributed by atoms with Crippen molar-refractivity contribution >= 4 is 11.6 Å². The molecule has 1 atom stereocenters. The number of benzene rings is 1. The maximum Gasteiger partial charge on any atom is 0.241 e. The van der Waals surface area contributed by atoms with Crippen LogP contribution in [0.15, 0.2) is 24.3 Å². The fraction of sp³-hybridized carbons (Fsp3) is 0.533. The highest BCUT2D eigenvalue weighted by atomic mass is 16.5. The van der Waals surface area contributed by atoms with Gasteiger partial charge in [0.1, 0.15) is 5.75 Å². The third-order valence-corrected chi connectivity index (χ3v) is 3.41. The van der Waals surface area contributed by atoms with Gasteiger partial charge >= 0.3 is 0 Å². The molecule has 0 unspecified atom stereocenters. The highest BCUT2D eigenvalue weighted by Crippen LogP contribution is 2.16. The monoisotopic (exact) mass is 278 g/mol. The molecule has 0 aromatic heterocycles. The van der Waals surface area contributed by atoms with E-state index in [4.69, 9.17) is 9.47 Å². The molecule has 0 saturated carbocycles. The van der Waals surface area contributed by atoms with Crippen molar-refractivity contribution < 1.29 is 14.3 Å². The smallest absolute Gasteiger partial charge is 0.241 e. The van der Waals surface area contributed by atoms with Gasteiger partial charge in [0, 0.05) is 18.8 Å². The Bertz CT molecular complexity index is 427. The SMILES string of the molecule is CCOc1ccc(NC(=O)[C@@H](C)N2CCOCC2)cc1. The summed E-state index contributed by atoms with van der Waals surface area (Å²) < 4.78 is 10.7. The van der Waals surface area contributed by atoms with Crippen molar-refractivity contribution in [2.45, 2.75) is 19.9 Å². The minimum absolute atomic E-state index is 0.0102. The Hall–Kier alpha value is -1.59. The number of amides is 1. The zero-order valence-corrected chi connectivity index (χ0v) is 12.1. The minimum Gasteiger partial charge on any atom is -0.494 e. The Morgan fingerprint density at radius 3 is 2.60 bits per heavy atom. The third kappa shape index (κ3) is 3.95. The fourth-order valence-electron chi connectivity index (χ4n) is 2.18. The van der Waals surface area contributed by atoms with E-state index in [1.54, 1.807) is 0 Å². The largest absolute Gasteiger partial charge is 0.494 e. The number of ether oxygens (including phenoxy) is 2. The Balaban J connectivity index is 1.89. The van der Waals surface area contributed by atoms with E-state index in [9.17, 15) is 4.79 Å². The molecule has 2 rings (SSSR count). The minimum atomic E-state index is -0.148. The van der Waals surface area contributed by atoms with Crippen LogP contribution in [0.1, 0.15) is 13.8 Å². The normalized spacial score (nSPS) is 17.5. The lowest BCUT2D eigenvalue weighted by atomic mass is 10.2. The lowest BCUT2D eigenvalue weighted by molar-refractivity contribution is -0.122. The summed E-state index contributed by atoms with van der Waals surface area (Å²) in [5.41, 5.74) is 0.790. The lowest BCUT2D eigenvalue weighted by Gasteiger charge is -2.31. The third-order valence-electron chi connectivity index (χ3n) is 3.41. The van der Waals surface area contributed by atoms with Crippen LogP contribution in [0.2, 0.25) is 0 Å². The van der Waals surface area contributed by atoms with E-state index in [1.165, 1.54) is 0 Å². The summed E-state index contributed by atoms with van der Waals surface area (Å²) in [6.45, 7) is 7.51. The van der Waals surface area contributed by atoms with Crippen LogP contribution in [-0.2, 0) is 9.53 Å². The van der Waals surface area contributed by atoms with Crippen molar-refractivity contribution in [3.8, 4) is 5.75 Å². The number of rotatable bonds is 5. The van der Waals surface area contributed by atoms with E-state index in [-0.39, 0.29) is 11.9 Å². The second-order valence-electron chi connectivity index (χ2n) is 4.77. The van der Waals surface area contributed by atoms with Crippen LogP contribution in [-0.4, -0.2) is 49.8 Å². The van der Waals surface area contributed by atoms with Gasteiger partial charge in [-0.3, -0.25) is 9.69 Å². The molecule has 0 aliphatic carbocycles. The number of hydrogen-bond donors (Lipinski definition) is 1. The number of hydrogen-bond acceptors (Lipinski definition) is 4. The molecule has 5 heteroatoms. The molecule has 1 N–H and O–H groups in total. The first kappa shape index (κ1) is 14.8. The molecule has 1 aliphatic heterocycles. The number of carbonyl (C=O) groups excluding carboxylic acids is 1. The lowest BCUT2D eigenvalue weighted by Crippen LogP contribution is -2.47. The van der Waals surface area contributed by atoms with Crippen LogP contribution < -0.4 is 10.1 Å². The Morgan fingerprint density at radius 2 is 2.00 bits per heavy atom. The van der Waals surface area contributed by atoms with Crippen molar-refractivity contribution in [2.24, 2.45) is 0 Å². The molecular formula is C15H22N2O3. The van der Waals surface area contributed by atoms with Gasteiger partial charge in [0.2, 0.25) is 5.91 Å². The molecule has 5 nitrogen and oxygen atoms in total. The van der Waals surface area contributed by atoms with Gasteiger partial charge in [-0.25, -0.2) is 0 Å². The van der Waals surface area contributed by atoms with Crippen molar-refractivity contribution in [2.75, 3.05) is 38.2 Å². The zero-order valence-electron chi connectivity index (χ0n) is 12.1. The van der Waals surface area contributed by atoms with E-state index in [1.807, 2.05) is 38.1 Å². The number of morpholine rings is 1. The molecule has 0 bridgehead atoms. The number of nitrogens with zero attached hydrogens (tertiary/aromatic N) is 1. The summed E-state index contributed by atoms with van der Waals surface area (Å²) in [7, 11) is 0. The van der Waals surface area contributed by atoms with Crippen LogP contribution >= 0.6 is 0 Å². The summed E-state index contributed by atoms with van der Waals surface area (Å²) in [5, 5.41) is 2.93. The van der Waals surface area contributed by atoms with Crippen molar-refractivity contribution in [3.63, 3.8) is 0 Å². The molecule has 1 aromatic carbocycles. The Kier molecular flexibility index (Phi) is 5.38. The zero-order chi connectivity index (χ0) is 14.4. The average Bonchev–Trinajstić information content (AvgIpc) is 2.49. The van der Waals surface area contributed by atoms with Crippen LogP contribution in [0.5, 0.6) is 5.75 Å². The quantitative estimate of drug-likeness (QED) is 0.891. The van der Waals surface area contributed by atoms with E-state index in [0.717, 1.165) is 24.5 Å². The summed E-state index contributed by atoms with van der Waals surface area (Å²) in [5.74, 6) is 0.822. The first-order valence-corrected chi connectivity index (χ1v) is 7.06. The molecule has 1 heterocycles. The predicted octanol–water partition coefficient (Wildman–Crippen LogP) is 1.74. The van der Waals surface area contributed by atoms with Gasteiger partial charge in [0.05, 0.1) is 25.9 Å². The molecule has 1 fully saturated rings. The Labute approximate surface area is 119 Å². The highest BCUT2D eigenvalue weighted by Gasteiger charge is 2.22. The first-order valence-electron chi connectivity index (χ1n) is 7.06. The highest BCUT2D eigenvalue weighted by molar-refractivity contribution is 5.94. The molecule has 1 amide bonds. The average molecular weight is 278 g/mol. The molecule has 0 spiro atoms. The van der Waals surface area contributed by atoms with Crippen LogP contribution in [0.3, 0.4) is 0 Å². The van der Waals surface area contributed by atoms with Crippen molar-refractivity contribution in [1.82, 2.24) is 4.90 Å². The first-order chi connectivity index (χ1) is 9.70. The molecular weight excluding hydrogens is 256 g/mol. The van der Waals surface area contributed by atoms with Gasteiger partial charge in [-0.1, -0.05) is 0 Å². The topological polar surface area (TPSA) is 50.8 Å². The summed E-state index contributed by atoms with van der Waals surface area (Å²) in [6, 6.07) is 7.28. The number of anilines is 1. The fourth-order valence-corrected chi connectivity index (χ4v) is 2.18. The maximum absolute atomic E-state index is 12.2. The van der Waals surface area contributed by atoms with E-state index >= 15 is 0 Å². The molecule has 1 aromatic rings. The van der Waals surface area contributed by atoms with Crippen LogP contribution in [0.4, 0.5) is 5.69 Å². The Morgan fingerprint density at radius 1 is 1.35 bits per heavy atom. The summed E-state index contributed by atoms with van der Waals surface area (Å²) >= 11 is 0. The van der Waals surface area contributed by atoms with Crippen LogP contribution in [0.25, 0.3) is 0 Å². The molecule has 1 saturated heterocycles. The van der Waals surface area contributed by atoms with Gasteiger partial charge < -0.3 is 14.8 Å². The van der Waals surface area contributed by atoms with Gasteiger partial charge in [-0.15, -0.1) is 0 Å². The van der Waals surface area contributed by atoms with Crippen LogP contribution in [0, 0.1) is 0 Å². The molecule has 0 radical (unpaired) electrons. The van der Waals surface area contributed by atoms with Gasteiger partial charge in [-0.2, -0.15) is 0 Å². The maximum atomic E-state index is 12.2. The summed E-state index contributed by atoms with van der Waals surface area (Å²) in [6.07, 6.45) is 0. The van der Waals surface area contributed by atoms with Crippen molar-refractivity contribution in [1.29, 1.82) is 0 Å². The van der Waals surface area contributed by atoms with E-state index in [0.29, 0.717) is 19.8 Å². The number of nitrogens with one attached hydrogen (secondary N) is 1. The second-order valence-corrected chi connectivity index (χ2v) is 4.77. The van der Waals surface area contributed by atoms with E-state index < -0.39 is 0 Å². The predicted molar refractivity (Wildman–Crippen MR) is 78.1 cm³/mol.